The van der Waals surface area contributed by atoms with Gasteiger partial charge in [0.05, 0.1) is 27.7 Å². The maximum atomic E-state index is 13.0. The highest BCUT2D eigenvalue weighted by molar-refractivity contribution is 6.42. The number of halogens is 2. The summed E-state index contributed by atoms with van der Waals surface area (Å²) in [4.78, 5) is 40.5. The largest absolute Gasteiger partial charge is 0.461 e. The van der Waals surface area contributed by atoms with Crippen molar-refractivity contribution in [3.05, 3.63) is 57.7 Å². The molecule has 1 aliphatic heterocycles. The molecule has 2 heterocycles. The van der Waals surface area contributed by atoms with Gasteiger partial charge in [-0.2, -0.15) is 0 Å². The van der Waals surface area contributed by atoms with Crippen LogP contribution in [0.15, 0.2) is 36.4 Å². The Kier molecular flexibility index (Phi) is 7.09. The van der Waals surface area contributed by atoms with Gasteiger partial charge in [0, 0.05) is 51.5 Å². The average molecular weight is 502 g/mol. The maximum absolute atomic E-state index is 13.0. The molecule has 0 aliphatic carbocycles. The van der Waals surface area contributed by atoms with Gasteiger partial charge >= 0.3 is 5.97 Å². The molecule has 1 aliphatic rings. The molecule has 2 aromatic carbocycles. The van der Waals surface area contributed by atoms with Gasteiger partial charge in [0.25, 0.3) is 5.91 Å². The summed E-state index contributed by atoms with van der Waals surface area (Å²) >= 11 is 12.3. The lowest BCUT2D eigenvalue weighted by Crippen LogP contribution is -2.49. The van der Waals surface area contributed by atoms with Crippen LogP contribution in [-0.2, 0) is 4.74 Å². The van der Waals surface area contributed by atoms with E-state index in [1.54, 1.807) is 24.0 Å². The number of esters is 1. The first-order valence-electron chi connectivity index (χ1n) is 10.9. The Morgan fingerprint density at radius 3 is 2.12 bits per heavy atom. The van der Waals surface area contributed by atoms with Crippen molar-refractivity contribution < 1.29 is 14.3 Å². The smallest absolute Gasteiger partial charge is 0.360 e. The maximum Gasteiger partial charge on any atom is 0.360 e. The Labute approximate surface area is 208 Å². The van der Waals surface area contributed by atoms with Crippen LogP contribution in [0.1, 0.15) is 27.8 Å². The molecule has 1 saturated heterocycles. The van der Waals surface area contributed by atoms with Crippen molar-refractivity contribution >= 4 is 57.6 Å². The molecule has 1 amide bonds. The molecular formula is C24H25Cl2N5O3. The predicted octanol–water partition coefficient (Wildman–Crippen LogP) is 4.14. The fourth-order valence-corrected chi connectivity index (χ4v) is 4.12. The van der Waals surface area contributed by atoms with Crippen molar-refractivity contribution in [3.63, 3.8) is 0 Å². The van der Waals surface area contributed by atoms with Gasteiger partial charge in [0.1, 0.15) is 0 Å². The molecule has 0 saturated carbocycles. The van der Waals surface area contributed by atoms with Gasteiger partial charge in [-0.1, -0.05) is 23.2 Å². The van der Waals surface area contributed by atoms with Crippen molar-refractivity contribution in [1.29, 1.82) is 0 Å². The second-order valence-electron chi connectivity index (χ2n) is 8.09. The SMILES string of the molecule is CCOC(=O)c1nc2cc(Cl)c(Cl)cc2nc1N1CCN(C(=O)c2ccc(N(C)C)cc2)CC1. The topological polar surface area (TPSA) is 78.9 Å². The average Bonchev–Trinajstić information content (AvgIpc) is 2.84. The van der Waals surface area contributed by atoms with Crippen LogP contribution in [0.2, 0.25) is 10.0 Å². The standard InChI is InChI=1S/C24H25Cl2N5O3/c1-4-34-24(33)21-22(28-20-14-18(26)17(25)13-19(20)27-21)30-9-11-31(12-10-30)23(32)15-5-7-16(8-6-15)29(2)3/h5-8,13-14H,4,9-12H2,1-3H3. The van der Waals surface area contributed by atoms with Crippen LogP contribution in [0.4, 0.5) is 11.5 Å². The predicted molar refractivity (Wildman–Crippen MR) is 134 cm³/mol. The number of hydrogen-bond acceptors (Lipinski definition) is 7. The summed E-state index contributed by atoms with van der Waals surface area (Å²) in [6.45, 7) is 3.91. The lowest BCUT2D eigenvalue weighted by atomic mass is 10.1. The van der Waals surface area contributed by atoms with Gasteiger partial charge in [-0.3, -0.25) is 4.79 Å². The second kappa shape index (κ2) is 10.0. The van der Waals surface area contributed by atoms with E-state index in [1.807, 2.05) is 48.2 Å². The number of fused-ring (bicyclic) bond motifs is 1. The molecular weight excluding hydrogens is 477 g/mol. The number of ether oxygens (including phenoxy) is 1. The highest BCUT2D eigenvalue weighted by Gasteiger charge is 2.28. The molecule has 0 spiro atoms. The Morgan fingerprint density at radius 1 is 0.971 bits per heavy atom. The molecule has 0 N–H and O–H groups in total. The van der Waals surface area contributed by atoms with E-state index in [4.69, 9.17) is 27.9 Å². The van der Waals surface area contributed by atoms with Gasteiger partial charge in [-0.15, -0.1) is 0 Å². The minimum absolute atomic E-state index is 0.0263. The van der Waals surface area contributed by atoms with Crippen LogP contribution >= 0.6 is 23.2 Å². The molecule has 1 aromatic heterocycles. The number of piperazine rings is 1. The third-order valence-electron chi connectivity index (χ3n) is 5.65. The first kappa shape index (κ1) is 24.0. The molecule has 0 atom stereocenters. The summed E-state index contributed by atoms with van der Waals surface area (Å²) in [5.74, 6) is -0.175. The fourth-order valence-electron chi connectivity index (χ4n) is 3.81. The highest BCUT2D eigenvalue weighted by atomic mass is 35.5. The van der Waals surface area contributed by atoms with E-state index in [2.05, 4.69) is 9.97 Å². The van der Waals surface area contributed by atoms with Crippen LogP contribution in [-0.4, -0.2) is 73.6 Å². The number of anilines is 2. The normalized spacial score (nSPS) is 13.8. The third kappa shape index (κ3) is 4.88. The first-order valence-corrected chi connectivity index (χ1v) is 11.7. The highest BCUT2D eigenvalue weighted by Crippen LogP contribution is 2.29. The van der Waals surface area contributed by atoms with Crippen LogP contribution in [0.25, 0.3) is 11.0 Å². The molecule has 0 bridgehead atoms. The first-order chi connectivity index (χ1) is 16.3. The molecule has 34 heavy (non-hydrogen) atoms. The van der Waals surface area contributed by atoms with Gasteiger partial charge in [-0.05, 0) is 43.3 Å². The lowest BCUT2D eigenvalue weighted by Gasteiger charge is -2.36. The molecule has 4 rings (SSSR count). The van der Waals surface area contributed by atoms with Crippen LogP contribution < -0.4 is 9.80 Å². The summed E-state index contributed by atoms with van der Waals surface area (Å²) in [5.41, 5.74) is 2.77. The minimum atomic E-state index is -0.558. The minimum Gasteiger partial charge on any atom is -0.461 e. The van der Waals surface area contributed by atoms with Crippen molar-refractivity contribution in [1.82, 2.24) is 14.9 Å². The molecule has 0 unspecified atom stereocenters. The quantitative estimate of drug-likeness (QED) is 0.486. The van der Waals surface area contributed by atoms with E-state index < -0.39 is 5.97 Å². The molecule has 178 valence electrons. The number of carbonyl (C=O) groups excluding carboxylic acids is 2. The van der Waals surface area contributed by atoms with E-state index in [0.29, 0.717) is 58.6 Å². The van der Waals surface area contributed by atoms with Crippen molar-refractivity contribution in [2.24, 2.45) is 0 Å². The van der Waals surface area contributed by atoms with Crippen molar-refractivity contribution in [2.75, 3.05) is 56.7 Å². The van der Waals surface area contributed by atoms with Gasteiger partial charge < -0.3 is 19.4 Å². The zero-order chi connectivity index (χ0) is 24.4. The molecule has 1 fully saturated rings. The number of benzene rings is 2. The summed E-state index contributed by atoms with van der Waals surface area (Å²) in [5, 5.41) is 0.686. The lowest BCUT2D eigenvalue weighted by molar-refractivity contribution is 0.0519. The number of nitrogens with zero attached hydrogens (tertiary/aromatic N) is 5. The summed E-state index contributed by atoms with van der Waals surface area (Å²) < 4.78 is 5.21. The second-order valence-corrected chi connectivity index (χ2v) is 8.91. The number of aromatic nitrogens is 2. The molecule has 10 heteroatoms. The Balaban J connectivity index is 1.57. The van der Waals surface area contributed by atoms with E-state index in [9.17, 15) is 9.59 Å². The summed E-state index contributed by atoms with van der Waals surface area (Å²) in [6.07, 6.45) is 0. The summed E-state index contributed by atoms with van der Waals surface area (Å²) in [6, 6.07) is 10.7. The zero-order valence-electron chi connectivity index (χ0n) is 19.2. The Hall–Kier alpha value is -3.10. The van der Waals surface area contributed by atoms with Crippen LogP contribution in [0.5, 0.6) is 0 Å². The fraction of sp³-hybridized carbons (Fsp3) is 0.333. The third-order valence-corrected chi connectivity index (χ3v) is 6.38. The molecule has 0 radical (unpaired) electrons. The van der Waals surface area contributed by atoms with Gasteiger partial charge in [0.15, 0.2) is 11.5 Å². The van der Waals surface area contributed by atoms with E-state index in [1.165, 1.54) is 0 Å². The number of hydrogen-bond donors (Lipinski definition) is 0. The van der Waals surface area contributed by atoms with Gasteiger partial charge in [0.2, 0.25) is 0 Å². The zero-order valence-corrected chi connectivity index (χ0v) is 20.7. The monoisotopic (exact) mass is 501 g/mol. The van der Waals surface area contributed by atoms with Gasteiger partial charge in [-0.25, -0.2) is 14.8 Å². The molecule has 3 aromatic rings. The van der Waals surface area contributed by atoms with E-state index >= 15 is 0 Å². The van der Waals surface area contributed by atoms with Crippen LogP contribution in [0, 0.1) is 0 Å². The Bertz CT molecular complexity index is 1230. The van der Waals surface area contributed by atoms with E-state index in [-0.39, 0.29) is 18.2 Å². The molecule has 8 nitrogen and oxygen atoms in total. The van der Waals surface area contributed by atoms with Crippen molar-refractivity contribution in [2.45, 2.75) is 6.92 Å². The van der Waals surface area contributed by atoms with Crippen LogP contribution in [0.3, 0.4) is 0 Å². The summed E-state index contributed by atoms with van der Waals surface area (Å²) in [7, 11) is 3.91. The van der Waals surface area contributed by atoms with Crippen molar-refractivity contribution in [3.8, 4) is 0 Å². The van der Waals surface area contributed by atoms with E-state index in [0.717, 1.165) is 5.69 Å². The number of rotatable bonds is 5. The number of amides is 1. The number of carbonyl (C=O) groups is 2. The Morgan fingerprint density at radius 2 is 1.56 bits per heavy atom.